The number of nitrogens with one attached hydrogen (secondary N) is 2. The largest absolute Gasteiger partial charge is 0.477 e. The third kappa shape index (κ3) is 9.52. The SMILES string of the molecule is C=C(C)CCc1c(C(=O)O)sc(-c2cccc(N[C@H]3CCC(S(=O)(=O)Cc4cccc(N5CCN(CCCc6ccc7c8c(cccc68)C(=O)N7C6CCC(=O)NC6=O)C5=O)c4)C(C)(C)C3)c2)c1Cl. The van der Waals surface area contributed by atoms with E-state index >= 15 is 0 Å². The molecular weight excluding hydrogens is 934 g/mol. The van der Waals surface area contributed by atoms with Crippen LogP contribution in [0.2, 0.25) is 5.02 Å². The van der Waals surface area contributed by atoms with Crippen LogP contribution in [0.25, 0.3) is 21.2 Å². The average molecular weight is 991 g/mol. The number of benzene rings is 4. The summed E-state index contributed by atoms with van der Waals surface area (Å²) in [5.41, 5.74) is 6.22. The van der Waals surface area contributed by atoms with Gasteiger partial charge in [0, 0.05) is 54.4 Å². The van der Waals surface area contributed by atoms with E-state index in [-0.39, 0.29) is 47.4 Å². The maximum Gasteiger partial charge on any atom is 0.346 e. The van der Waals surface area contributed by atoms with Gasteiger partial charge >= 0.3 is 12.0 Å². The van der Waals surface area contributed by atoms with Crippen molar-refractivity contribution in [1.82, 2.24) is 10.2 Å². The molecule has 2 saturated heterocycles. The summed E-state index contributed by atoms with van der Waals surface area (Å²) in [4.78, 5) is 70.1. The van der Waals surface area contributed by atoms with Gasteiger partial charge in [0.25, 0.3) is 5.91 Å². The molecule has 0 bridgehead atoms. The number of allylic oxidation sites excluding steroid dienone is 1. The number of hydrogen-bond donors (Lipinski definition) is 3. The molecule has 1 aromatic heterocycles. The van der Waals surface area contributed by atoms with E-state index in [0.717, 1.165) is 33.2 Å². The van der Waals surface area contributed by atoms with Gasteiger partial charge in [-0.05, 0) is 128 Å². The molecule has 3 aliphatic heterocycles. The lowest BCUT2D eigenvalue weighted by atomic mass is 9.74. The lowest BCUT2D eigenvalue weighted by Gasteiger charge is -2.42. The molecule has 5 aromatic rings. The molecule has 3 atom stereocenters. The number of amides is 5. The molecule has 360 valence electrons. The summed E-state index contributed by atoms with van der Waals surface area (Å²) in [6, 6.07) is 23.6. The average Bonchev–Trinajstić information content (AvgIpc) is 3.93. The second kappa shape index (κ2) is 19.0. The monoisotopic (exact) mass is 989 g/mol. The van der Waals surface area contributed by atoms with Crippen LogP contribution in [-0.2, 0) is 38.0 Å². The fraction of sp³-hybridized carbons (Fsp3) is 0.377. The van der Waals surface area contributed by atoms with Gasteiger partial charge in [-0.2, -0.15) is 0 Å². The highest BCUT2D eigenvalue weighted by Gasteiger charge is 2.45. The summed E-state index contributed by atoms with van der Waals surface area (Å²) in [6.07, 6.45) is 4.67. The van der Waals surface area contributed by atoms with Crippen LogP contribution >= 0.6 is 22.9 Å². The molecular formula is C53H56ClN5O8S2. The minimum absolute atomic E-state index is 0.0142. The topological polar surface area (TPSA) is 173 Å². The minimum atomic E-state index is -3.60. The van der Waals surface area contributed by atoms with Crippen LogP contribution in [0.15, 0.2) is 91.0 Å². The van der Waals surface area contributed by atoms with E-state index in [1.807, 2.05) is 98.5 Å². The molecule has 4 heterocycles. The van der Waals surface area contributed by atoms with Crippen molar-refractivity contribution < 1.29 is 37.5 Å². The van der Waals surface area contributed by atoms with Gasteiger partial charge in [-0.3, -0.25) is 29.5 Å². The zero-order chi connectivity index (χ0) is 48.9. The van der Waals surface area contributed by atoms with Gasteiger partial charge in [-0.1, -0.05) is 73.5 Å². The fourth-order valence-electron chi connectivity index (χ4n) is 10.9. The molecule has 16 heteroatoms. The van der Waals surface area contributed by atoms with E-state index < -0.39 is 38.4 Å². The number of nitrogens with zero attached hydrogens (tertiary/aromatic N) is 3. The summed E-state index contributed by atoms with van der Waals surface area (Å²) >= 11 is 8.00. The summed E-state index contributed by atoms with van der Waals surface area (Å²) in [6.45, 7) is 11.4. The molecule has 9 rings (SSSR count). The quantitative estimate of drug-likeness (QED) is 0.0642. The molecule has 3 N–H and O–H groups in total. The van der Waals surface area contributed by atoms with Crippen molar-refractivity contribution in [3.8, 4) is 10.4 Å². The number of thiophene rings is 1. The highest BCUT2D eigenvalue weighted by atomic mass is 35.5. The van der Waals surface area contributed by atoms with Crippen molar-refractivity contribution in [3.63, 3.8) is 0 Å². The molecule has 1 aliphatic carbocycles. The first-order chi connectivity index (χ1) is 32.9. The first-order valence-electron chi connectivity index (χ1n) is 23.5. The summed E-state index contributed by atoms with van der Waals surface area (Å²) < 4.78 is 28.5. The summed E-state index contributed by atoms with van der Waals surface area (Å²) in [7, 11) is -3.60. The molecule has 0 radical (unpaired) electrons. The number of sulfone groups is 1. The third-order valence-corrected chi connectivity index (χ3v) is 18.5. The number of piperidine rings is 1. The van der Waals surface area contributed by atoms with Gasteiger partial charge in [0.1, 0.15) is 10.9 Å². The second-order valence-electron chi connectivity index (χ2n) is 19.6. The number of carbonyl (C=O) groups excluding carboxylic acids is 4. The van der Waals surface area contributed by atoms with E-state index in [2.05, 4.69) is 17.2 Å². The van der Waals surface area contributed by atoms with Crippen LogP contribution < -0.4 is 20.4 Å². The lowest BCUT2D eigenvalue weighted by Crippen LogP contribution is -2.53. The third-order valence-electron chi connectivity index (χ3n) is 14.2. The Labute approximate surface area is 411 Å². The number of imide groups is 1. The molecule has 5 amide bonds. The molecule has 1 saturated carbocycles. The van der Waals surface area contributed by atoms with E-state index in [9.17, 15) is 37.5 Å². The smallest absolute Gasteiger partial charge is 0.346 e. The standard InChI is InChI=1S/C53H56ClN5O8S2/c1-31(2)16-19-40-46(54)47(68-48(40)51(63)64)34-10-6-12-35(28-34)55-36-18-22-43(53(3,4)29-36)69(66,67)30-32-9-5-13-37(27-32)58-26-25-57(52(58)65)24-8-11-33-17-20-41-45-38(33)14-7-15-39(45)50(62)59(41)42-21-23-44(60)56-49(42)61/h5-7,9-10,12-15,17,20,27-28,36,42-43,55H,1,8,11,16,18-19,21-26,29-30H2,2-4H3,(H,63,64)(H,56,60,61)/t36-,42?,43?/m0/s1. The Morgan fingerprint density at radius 1 is 0.971 bits per heavy atom. The predicted molar refractivity (Wildman–Crippen MR) is 272 cm³/mol. The van der Waals surface area contributed by atoms with Crippen LogP contribution in [-0.4, -0.2) is 85.1 Å². The van der Waals surface area contributed by atoms with Crippen molar-refractivity contribution in [1.29, 1.82) is 0 Å². The number of hydrogen-bond acceptors (Lipinski definition) is 9. The van der Waals surface area contributed by atoms with Gasteiger partial charge in [0.05, 0.1) is 26.6 Å². The molecule has 3 fully saturated rings. The first-order valence-corrected chi connectivity index (χ1v) is 26.5. The van der Waals surface area contributed by atoms with Crippen molar-refractivity contribution in [3.05, 3.63) is 123 Å². The number of anilines is 3. The van der Waals surface area contributed by atoms with Crippen molar-refractivity contribution in [2.24, 2.45) is 5.41 Å². The van der Waals surface area contributed by atoms with Crippen LogP contribution in [0, 0.1) is 5.41 Å². The summed E-state index contributed by atoms with van der Waals surface area (Å²) in [5.74, 6) is -2.20. The number of halogens is 1. The Morgan fingerprint density at radius 2 is 1.75 bits per heavy atom. The molecule has 4 aromatic carbocycles. The van der Waals surface area contributed by atoms with E-state index in [0.29, 0.717) is 103 Å². The minimum Gasteiger partial charge on any atom is -0.477 e. The van der Waals surface area contributed by atoms with Crippen molar-refractivity contribution >= 4 is 90.3 Å². The number of carbonyl (C=O) groups is 5. The molecule has 13 nitrogen and oxygen atoms in total. The van der Waals surface area contributed by atoms with E-state index in [1.165, 1.54) is 16.2 Å². The Hall–Kier alpha value is -6.03. The molecule has 69 heavy (non-hydrogen) atoms. The van der Waals surface area contributed by atoms with Crippen molar-refractivity contribution in [2.75, 3.05) is 34.8 Å². The number of rotatable bonds is 16. The zero-order valence-electron chi connectivity index (χ0n) is 39.0. The first kappa shape index (κ1) is 48.0. The second-order valence-corrected chi connectivity index (χ2v) is 23.2. The Balaban J connectivity index is 0.805. The molecule has 2 unspecified atom stereocenters. The highest BCUT2D eigenvalue weighted by Crippen LogP contribution is 2.45. The number of urea groups is 1. The normalized spacial score (nSPS) is 20.2. The van der Waals surface area contributed by atoms with E-state index in [4.69, 9.17) is 11.6 Å². The van der Waals surface area contributed by atoms with Gasteiger partial charge in [-0.25, -0.2) is 18.0 Å². The Morgan fingerprint density at radius 3 is 2.51 bits per heavy atom. The predicted octanol–water partition coefficient (Wildman–Crippen LogP) is 10.0. The maximum atomic E-state index is 14.3. The number of carboxylic acid groups (broad SMARTS) is 1. The van der Waals surface area contributed by atoms with Crippen LogP contribution in [0.3, 0.4) is 0 Å². The maximum absolute atomic E-state index is 14.3. The number of aromatic carboxylic acids is 1. The number of aryl methyl sites for hydroxylation is 1. The van der Waals surface area contributed by atoms with Gasteiger partial charge in [0.15, 0.2) is 9.84 Å². The zero-order valence-corrected chi connectivity index (χ0v) is 41.4. The number of carboxylic acids is 1. The lowest BCUT2D eigenvalue weighted by molar-refractivity contribution is -0.134. The van der Waals surface area contributed by atoms with Crippen LogP contribution in [0.1, 0.15) is 102 Å². The van der Waals surface area contributed by atoms with Gasteiger partial charge < -0.3 is 15.3 Å². The summed E-state index contributed by atoms with van der Waals surface area (Å²) in [5, 5.41) is 17.5. The van der Waals surface area contributed by atoms with Gasteiger partial charge in [0.2, 0.25) is 11.8 Å². The van der Waals surface area contributed by atoms with Crippen LogP contribution in [0.5, 0.6) is 0 Å². The van der Waals surface area contributed by atoms with Gasteiger partial charge in [-0.15, -0.1) is 17.9 Å². The van der Waals surface area contributed by atoms with E-state index in [1.54, 1.807) is 11.0 Å². The molecule has 4 aliphatic rings. The molecule has 0 spiro atoms. The van der Waals surface area contributed by atoms with Crippen LogP contribution in [0.4, 0.5) is 21.9 Å². The van der Waals surface area contributed by atoms with Crippen molar-refractivity contribution in [2.45, 2.75) is 102 Å². The fourth-order valence-corrected chi connectivity index (χ4v) is 14.9. The Bertz CT molecular complexity index is 3060. The highest BCUT2D eigenvalue weighted by molar-refractivity contribution is 7.91. The Kier molecular flexibility index (Phi) is 13.3.